The molecule has 0 saturated carbocycles. The van der Waals surface area contributed by atoms with E-state index in [0.717, 1.165) is 5.56 Å². The molecular formula is C16H18F2N2O2. The van der Waals surface area contributed by atoms with E-state index >= 15 is 0 Å². The second-order valence-electron chi connectivity index (χ2n) is 4.75. The monoisotopic (exact) mass is 308 g/mol. The number of ether oxygens (including phenoxy) is 1. The molecule has 1 heterocycles. The molecule has 118 valence electrons. The molecule has 0 aliphatic heterocycles. The molecule has 0 aliphatic rings. The van der Waals surface area contributed by atoms with Gasteiger partial charge in [-0.3, -0.25) is 9.88 Å². The Balaban J connectivity index is 2.13. The van der Waals surface area contributed by atoms with Crippen molar-refractivity contribution in [2.45, 2.75) is 13.0 Å². The molecule has 1 N–H and O–H groups in total. The summed E-state index contributed by atoms with van der Waals surface area (Å²) in [4.78, 5) is 5.47. The van der Waals surface area contributed by atoms with E-state index in [9.17, 15) is 8.78 Å². The van der Waals surface area contributed by atoms with Crippen LogP contribution in [0.15, 0.2) is 48.8 Å². The van der Waals surface area contributed by atoms with Crippen LogP contribution < -0.4 is 4.74 Å². The Morgan fingerprint density at radius 1 is 1.18 bits per heavy atom. The summed E-state index contributed by atoms with van der Waals surface area (Å²) in [6, 6.07) is 10.8. The highest BCUT2D eigenvalue weighted by molar-refractivity contribution is 5.37. The van der Waals surface area contributed by atoms with Crippen LogP contribution in [0.4, 0.5) is 8.78 Å². The van der Waals surface area contributed by atoms with E-state index in [1.54, 1.807) is 30.6 Å². The predicted molar refractivity (Wildman–Crippen MR) is 79.1 cm³/mol. The van der Waals surface area contributed by atoms with Crippen molar-refractivity contribution in [2.75, 3.05) is 19.7 Å². The summed E-state index contributed by atoms with van der Waals surface area (Å²) in [7, 11) is 0. The first kappa shape index (κ1) is 16.3. The van der Waals surface area contributed by atoms with Gasteiger partial charge in [-0.25, -0.2) is 8.78 Å². The van der Waals surface area contributed by atoms with Crippen LogP contribution in [0, 0.1) is 0 Å². The first-order chi connectivity index (χ1) is 10.7. The van der Waals surface area contributed by atoms with E-state index in [1.165, 1.54) is 4.90 Å². The number of hydrogen-bond acceptors (Lipinski definition) is 4. The van der Waals surface area contributed by atoms with Gasteiger partial charge in [0.05, 0.1) is 19.3 Å². The molecule has 2 rings (SSSR count). The average molecular weight is 308 g/mol. The standard InChI is InChI=1S/C16H18F2N2O2/c17-16(18)12-20(8-9-21)11-13-4-1-2-6-15(13)22-14-5-3-7-19-10-14/h1-7,10,16,21H,8-9,11-12H2. The van der Waals surface area contributed by atoms with E-state index < -0.39 is 6.43 Å². The third-order valence-corrected chi connectivity index (χ3v) is 3.04. The topological polar surface area (TPSA) is 45.6 Å². The first-order valence-corrected chi connectivity index (χ1v) is 6.96. The van der Waals surface area contributed by atoms with Crippen LogP contribution in [0.25, 0.3) is 0 Å². The van der Waals surface area contributed by atoms with E-state index in [1.807, 2.05) is 18.2 Å². The minimum atomic E-state index is -2.45. The van der Waals surface area contributed by atoms with Crippen LogP contribution in [0.5, 0.6) is 11.5 Å². The van der Waals surface area contributed by atoms with Gasteiger partial charge in [-0.2, -0.15) is 0 Å². The van der Waals surface area contributed by atoms with Crippen molar-refractivity contribution >= 4 is 0 Å². The van der Waals surface area contributed by atoms with Crippen LogP contribution >= 0.6 is 0 Å². The van der Waals surface area contributed by atoms with Crippen molar-refractivity contribution < 1.29 is 18.6 Å². The molecule has 22 heavy (non-hydrogen) atoms. The maximum absolute atomic E-state index is 12.6. The van der Waals surface area contributed by atoms with E-state index in [0.29, 0.717) is 11.5 Å². The fourth-order valence-corrected chi connectivity index (χ4v) is 2.08. The van der Waals surface area contributed by atoms with Crippen LogP contribution in [0.2, 0.25) is 0 Å². The van der Waals surface area contributed by atoms with Gasteiger partial charge in [0.2, 0.25) is 0 Å². The molecule has 0 unspecified atom stereocenters. The lowest BCUT2D eigenvalue weighted by Gasteiger charge is -2.22. The Morgan fingerprint density at radius 3 is 2.68 bits per heavy atom. The van der Waals surface area contributed by atoms with E-state index in [2.05, 4.69) is 4.98 Å². The van der Waals surface area contributed by atoms with Gasteiger partial charge >= 0.3 is 0 Å². The zero-order valence-corrected chi connectivity index (χ0v) is 12.0. The van der Waals surface area contributed by atoms with Crippen molar-refractivity contribution in [3.63, 3.8) is 0 Å². The lowest BCUT2D eigenvalue weighted by atomic mass is 10.2. The molecule has 1 aromatic carbocycles. The van der Waals surface area contributed by atoms with Crippen LogP contribution in [0.3, 0.4) is 0 Å². The number of rotatable bonds is 8. The van der Waals surface area contributed by atoms with Crippen molar-refractivity contribution in [3.8, 4) is 11.5 Å². The molecule has 0 spiro atoms. The fourth-order valence-electron chi connectivity index (χ4n) is 2.08. The van der Waals surface area contributed by atoms with E-state index in [4.69, 9.17) is 9.84 Å². The van der Waals surface area contributed by atoms with Crippen LogP contribution in [-0.4, -0.2) is 41.1 Å². The average Bonchev–Trinajstić information content (AvgIpc) is 2.50. The number of para-hydroxylation sites is 1. The number of nitrogens with zero attached hydrogens (tertiary/aromatic N) is 2. The molecule has 6 heteroatoms. The summed E-state index contributed by atoms with van der Waals surface area (Å²) in [5, 5.41) is 9.01. The highest BCUT2D eigenvalue weighted by Gasteiger charge is 2.14. The molecule has 0 radical (unpaired) electrons. The van der Waals surface area contributed by atoms with Gasteiger partial charge < -0.3 is 9.84 Å². The van der Waals surface area contributed by atoms with Crippen LogP contribution in [0.1, 0.15) is 5.56 Å². The van der Waals surface area contributed by atoms with Crippen molar-refractivity contribution in [1.29, 1.82) is 0 Å². The van der Waals surface area contributed by atoms with Gasteiger partial charge in [0.1, 0.15) is 11.5 Å². The van der Waals surface area contributed by atoms with Gasteiger partial charge in [0, 0.05) is 24.8 Å². The van der Waals surface area contributed by atoms with E-state index in [-0.39, 0.29) is 26.2 Å². The summed E-state index contributed by atoms with van der Waals surface area (Å²) in [6.45, 7) is -0.0902. The summed E-state index contributed by atoms with van der Waals surface area (Å²) in [5.41, 5.74) is 0.778. The zero-order chi connectivity index (χ0) is 15.8. The molecule has 1 aromatic heterocycles. The molecule has 0 amide bonds. The number of pyridine rings is 1. The van der Waals surface area contributed by atoms with Crippen LogP contribution in [-0.2, 0) is 6.54 Å². The summed E-state index contributed by atoms with van der Waals surface area (Å²) in [6.07, 6.45) is 0.782. The molecule has 2 aromatic rings. The van der Waals surface area contributed by atoms with Crippen molar-refractivity contribution in [3.05, 3.63) is 54.4 Å². The predicted octanol–water partition coefficient (Wildman–Crippen LogP) is 2.93. The highest BCUT2D eigenvalue weighted by Crippen LogP contribution is 2.25. The number of aliphatic hydroxyl groups is 1. The smallest absolute Gasteiger partial charge is 0.251 e. The quantitative estimate of drug-likeness (QED) is 0.814. The largest absolute Gasteiger partial charge is 0.455 e. The Morgan fingerprint density at radius 2 is 2.00 bits per heavy atom. The minimum absolute atomic E-state index is 0.168. The third-order valence-electron chi connectivity index (χ3n) is 3.04. The van der Waals surface area contributed by atoms with Gasteiger partial charge in [-0.1, -0.05) is 18.2 Å². The fraction of sp³-hybridized carbons (Fsp3) is 0.312. The number of aliphatic hydroxyl groups excluding tert-OH is 1. The summed E-state index contributed by atoms with van der Waals surface area (Å²) < 4.78 is 30.9. The zero-order valence-electron chi connectivity index (χ0n) is 12.0. The lowest BCUT2D eigenvalue weighted by Crippen LogP contribution is -2.31. The van der Waals surface area contributed by atoms with Crippen molar-refractivity contribution in [2.24, 2.45) is 0 Å². The number of aromatic nitrogens is 1. The second kappa shape index (κ2) is 8.41. The number of halogens is 2. The summed E-state index contributed by atoms with van der Waals surface area (Å²) >= 11 is 0. The molecule has 0 aliphatic carbocycles. The molecular weight excluding hydrogens is 290 g/mol. The Labute approximate surface area is 128 Å². The maximum atomic E-state index is 12.6. The first-order valence-electron chi connectivity index (χ1n) is 6.96. The lowest BCUT2D eigenvalue weighted by molar-refractivity contribution is 0.0743. The Kier molecular flexibility index (Phi) is 6.24. The Hall–Kier alpha value is -2.05. The van der Waals surface area contributed by atoms with Gasteiger partial charge in [0.15, 0.2) is 0 Å². The third kappa shape index (κ3) is 5.05. The molecule has 0 bridgehead atoms. The van der Waals surface area contributed by atoms with Gasteiger partial charge in [0.25, 0.3) is 6.43 Å². The second-order valence-corrected chi connectivity index (χ2v) is 4.75. The minimum Gasteiger partial charge on any atom is -0.455 e. The van der Waals surface area contributed by atoms with Gasteiger partial charge in [-0.15, -0.1) is 0 Å². The molecule has 0 fully saturated rings. The Bertz CT molecular complexity index is 567. The summed E-state index contributed by atoms with van der Waals surface area (Å²) in [5.74, 6) is 1.17. The normalized spacial score (nSPS) is 11.1. The number of hydrogen-bond donors (Lipinski definition) is 1. The molecule has 4 nitrogen and oxygen atoms in total. The molecule has 0 atom stereocenters. The maximum Gasteiger partial charge on any atom is 0.251 e. The molecule has 0 saturated heterocycles. The van der Waals surface area contributed by atoms with Crippen molar-refractivity contribution in [1.82, 2.24) is 9.88 Å². The SMILES string of the molecule is OCCN(Cc1ccccc1Oc1cccnc1)CC(F)F. The highest BCUT2D eigenvalue weighted by atomic mass is 19.3. The number of alkyl halides is 2. The van der Waals surface area contributed by atoms with Gasteiger partial charge in [-0.05, 0) is 18.2 Å². The number of benzene rings is 1.